The quantitative estimate of drug-likeness (QED) is 0.519. The van der Waals surface area contributed by atoms with Gasteiger partial charge in [0, 0.05) is 15.6 Å². The molecule has 2 heteroatoms. The average Bonchev–Trinajstić information content (AvgIpc) is 2.48. The van der Waals surface area contributed by atoms with Crippen molar-refractivity contribution in [3.05, 3.63) is 82.8 Å². The van der Waals surface area contributed by atoms with E-state index in [0.29, 0.717) is 10.0 Å². The van der Waals surface area contributed by atoms with Crippen molar-refractivity contribution < 1.29 is 0 Å². The van der Waals surface area contributed by atoms with E-state index in [9.17, 15) is 0 Å². The summed E-state index contributed by atoms with van der Waals surface area (Å²) < 4.78 is 0. The van der Waals surface area contributed by atoms with E-state index in [4.69, 9.17) is 23.2 Å². The highest BCUT2D eigenvalue weighted by molar-refractivity contribution is 6.39. The lowest BCUT2D eigenvalue weighted by molar-refractivity contribution is 1.58. The summed E-state index contributed by atoms with van der Waals surface area (Å²) in [6, 6.07) is 24.0. The molecule has 0 radical (unpaired) electrons. The van der Waals surface area contributed by atoms with E-state index in [1.165, 1.54) is 0 Å². The second-order valence-electron chi connectivity index (χ2n) is 4.51. The molecule has 0 bridgehead atoms. The molecule has 0 heterocycles. The molecule has 0 nitrogen and oxygen atoms in total. The predicted molar refractivity (Wildman–Crippen MR) is 87.3 cm³/mol. The molecule has 3 aromatic rings. The Labute approximate surface area is 128 Å². The van der Waals surface area contributed by atoms with E-state index in [0.717, 1.165) is 22.3 Å². The maximum atomic E-state index is 6.34. The summed E-state index contributed by atoms with van der Waals surface area (Å²) in [6.07, 6.45) is 0. The molecule has 3 aromatic carbocycles. The summed E-state index contributed by atoms with van der Waals surface area (Å²) in [5.41, 5.74) is 4.21. The van der Waals surface area contributed by atoms with Crippen molar-refractivity contribution in [1.82, 2.24) is 0 Å². The minimum Gasteiger partial charge on any atom is -0.0836 e. The minimum absolute atomic E-state index is 0.667. The summed E-state index contributed by atoms with van der Waals surface area (Å²) in [7, 11) is 0. The molecular formula is C18H12Cl2. The summed E-state index contributed by atoms with van der Waals surface area (Å²) in [4.78, 5) is 0. The lowest BCUT2D eigenvalue weighted by Gasteiger charge is -2.13. The standard InChI is InChI=1S/C18H12Cl2/c19-16-11-6-12-17(20)18(16)15-10-5-4-9-14(15)13-7-2-1-3-8-13/h1-12H. The van der Waals surface area contributed by atoms with Crippen LogP contribution in [0.15, 0.2) is 72.8 Å². The molecule has 0 N–H and O–H groups in total. The Morgan fingerprint density at radius 1 is 0.500 bits per heavy atom. The summed E-state index contributed by atoms with van der Waals surface area (Å²) in [5, 5.41) is 1.33. The third-order valence-electron chi connectivity index (χ3n) is 3.24. The number of hydrogen-bond donors (Lipinski definition) is 0. The highest BCUT2D eigenvalue weighted by atomic mass is 35.5. The number of hydrogen-bond acceptors (Lipinski definition) is 0. The molecule has 0 aromatic heterocycles. The first kappa shape index (κ1) is 13.2. The Balaban J connectivity index is 2.26. The van der Waals surface area contributed by atoms with E-state index < -0.39 is 0 Å². The van der Waals surface area contributed by atoms with Gasteiger partial charge in [0.1, 0.15) is 0 Å². The van der Waals surface area contributed by atoms with Crippen LogP contribution in [0.1, 0.15) is 0 Å². The van der Waals surface area contributed by atoms with E-state index in [-0.39, 0.29) is 0 Å². The van der Waals surface area contributed by atoms with Crippen LogP contribution in [0, 0.1) is 0 Å². The van der Waals surface area contributed by atoms with Gasteiger partial charge >= 0.3 is 0 Å². The molecular weight excluding hydrogens is 287 g/mol. The van der Waals surface area contributed by atoms with Gasteiger partial charge < -0.3 is 0 Å². The van der Waals surface area contributed by atoms with Gasteiger partial charge in [0.15, 0.2) is 0 Å². The lowest BCUT2D eigenvalue weighted by atomic mass is 9.94. The van der Waals surface area contributed by atoms with E-state index in [2.05, 4.69) is 24.3 Å². The highest BCUT2D eigenvalue weighted by Gasteiger charge is 2.12. The van der Waals surface area contributed by atoms with Gasteiger partial charge in [0.2, 0.25) is 0 Å². The van der Waals surface area contributed by atoms with Crippen molar-refractivity contribution in [3.8, 4) is 22.3 Å². The Kier molecular flexibility index (Phi) is 3.77. The molecule has 3 rings (SSSR count). The zero-order chi connectivity index (χ0) is 13.9. The predicted octanol–water partition coefficient (Wildman–Crippen LogP) is 6.33. The molecule has 0 aliphatic rings. The fraction of sp³-hybridized carbons (Fsp3) is 0. The van der Waals surface area contributed by atoms with Gasteiger partial charge in [-0.1, -0.05) is 83.9 Å². The molecule has 0 aliphatic carbocycles. The minimum atomic E-state index is 0.667. The zero-order valence-corrected chi connectivity index (χ0v) is 12.2. The SMILES string of the molecule is Clc1cccc(Cl)c1-c1ccccc1-c1ccccc1. The fourth-order valence-electron chi connectivity index (χ4n) is 2.33. The Morgan fingerprint density at radius 3 is 1.70 bits per heavy atom. The Bertz CT molecular complexity index is 713. The van der Waals surface area contributed by atoms with Crippen LogP contribution in [-0.2, 0) is 0 Å². The molecule has 0 saturated carbocycles. The van der Waals surface area contributed by atoms with Crippen LogP contribution in [0.5, 0.6) is 0 Å². The Hall–Kier alpha value is -1.76. The maximum Gasteiger partial charge on any atom is 0.0499 e. The first-order valence-electron chi connectivity index (χ1n) is 6.36. The summed E-state index contributed by atoms with van der Waals surface area (Å²) in [5.74, 6) is 0. The van der Waals surface area contributed by atoms with Gasteiger partial charge in [-0.3, -0.25) is 0 Å². The summed E-state index contributed by atoms with van der Waals surface area (Å²) in [6.45, 7) is 0. The van der Waals surface area contributed by atoms with Crippen molar-refractivity contribution in [3.63, 3.8) is 0 Å². The molecule has 0 spiro atoms. The van der Waals surface area contributed by atoms with Crippen molar-refractivity contribution in [2.45, 2.75) is 0 Å². The fourth-order valence-corrected chi connectivity index (χ4v) is 2.93. The molecule has 0 unspecified atom stereocenters. The van der Waals surface area contributed by atoms with Crippen molar-refractivity contribution >= 4 is 23.2 Å². The van der Waals surface area contributed by atoms with Gasteiger partial charge in [-0.25, -0.2) is 0 Å². The lowest BCUT2D eigenvalue weighted by Crippen LogP contribution is -1.87. The van der Waals surface area contributed by atoms with Crippen LogP contribution >= 0.6 is 23.2 Å². The molecule has 0 amide bonds. The van der Waals surface area contributed by atoms with Gasteiger partial charge in [0.05, 0.1) is 0 Å². The molecule has 0 atom stereocenters. The normalized spacial score (nSPS) is 10.5. The Morgan fingerprint density at radius 2 is 1.05 bits per heavy atom. The van der Waals surface area contributed by atoms with E-state index >= 15 is 0 Å². The van der Waals surface area contributed by atoms with E-state index in [1.54, 1.807) is 0 Å². The second-order valence-corrected chi connectivity index (χ2v) is 5.32. The van der Waals surface area contributed by atoms with Crippen LogP contribution in [0.2, 0.25) is 10.0 Å². The highest BCUT2D eigenvalue weighted by Crippen LogP contribution is 2.39. The monoisotopic (exact) mass is 298 g/mol. The topological polar surface area (TPSA) is 0 Å². The molecule has 0 fully saturated rings. The van der Waals surface area contributed by atoms with Crippen LogP contribution in [0.3, 0.4) is 0 Å². The van der Waals surface area contributed by atoms with Gasteiger partial charge in [0.25, 0.3) is 0 Å². The van der Waals surface area contributed by atoms with Crippen LogP contribution in [0.4, 0.5) is 0 Å². The second kappa shape index (κ2) is 5.70. The van der Waals surface area contributed by atoms with Crippen LogP contribution in [0.25, 0.3) is 22.3 Å². The molecule has 98 valence electrons. The average molecular weight is 299 g/mol. The van der Waals surface area contributed by atoms with Crippen molar-refractivity contribution in [1.29, 1.82) is 0 Å². The molecule has 20 heavy (non-hydrogen) atoms. The zero-order valence-electron chi connectivity index (χ0n) is 10.7. The third kappa shape index (κ3) is 2.45. The first-order valence-corrected chi connectivity index (χ1v) is 7.12. The van der Waals surface area contributed by atoms with Crippen LogP contribution < -0.4 is 0 Å². The smallest absolute Gasteiger partial charge is 0.0499 e. The molecule has 0 saturated heterocycles. The largest absolute Gasteiger partial charge is 0.0836 e. The van der Waals surface area contributed by atoms with E-state index in [1.807, 2.05) is 48.5 Å². The van der Waals surface area contributed by atoms with Crippen LogP contribution in [-0.4, -0.2) is 0 Å². The first-order chi connectivity index (χ1) is 9.77. The van der Waals surface area contributed by atoms with Gasteiger partial charge in [-0.05, 0) is 28.8 Å². The molecule has 0 aliphatic heterocycles. The number of rotatable bonds is 2. The van der Waals surface area contributed by atoms with Gasteiger partial charge in [-0.15, -0.1) is 0 Å². The summed E-state index contributed by atoms with van der Waals surface area (Å²) >= 11 is 12.7. The number of halogens is 2. The van der Waals surface area contributed by atoms with Gasteiger partial charge in [-0.2, -0.15) is 0 Å². The third-order valence-corrected chi connectivity index (χ3v) is 3.87. The van der Waals surface area contributed by atoms with Crippen molar-refractivity contribution in [2.75, 3.05) is 0 Å². The number of benzene rings is 3. The maximum absolute atomic E-state index is 6.34. The van der Waals surface area contributed by atoms with Crippen molar-refractivity contribution in [2.24, 2.45) is 0 Å².